The number of methoxy groups -OCH3 is 2. The number of hydrogen-bond acceptors (Lipinski definition) is 8. The molecule has 3 heterocycles. The maximum Gasteiger partial charge on any atom is 0.222 e. The van der Waals surface area contributed by atoms with Gasteiger partial charge in [-0.2, -0.15) is 4.98 Å². The predicted molar refractivity (Wildman–Crippen MR) is 144 cm³/mol. The van der Waals surface area contributed by atoms with Crippen molar-refractivity contribution in [3.8, 4) is 22.8 Å². The van der Waals surface area contributed by atoms with Gasteiger partial charge in [0.1, 0.15) is 5.52 Å². The van der Waals surface area contributed by atoms with Gasteiger partial charge < -0.3 is 30.3 Å². The number of pyridine rings is 1. The van der Waals surface area contributed by atoms with E-state index in [-0.39, 0.29) is 5.95 Å². The molecule has 0 atom stereocenters. The van der Waals surface area contributed by atoms with Gasteiger partial charge in [-0.1, -0.05) is 19.8 Å². The van der Waals surface area contributed by atoms with Crippen molar-refractivity contribution in [2.45, 2.75) is 26.2 Å². The Kier molecular flexibility index (Phi) is 8.02. The fourth-order valence-electron chi connectivity index (χ4n) is 4.20. The van der Waals surface area contributed by atoms with Crippen LogP contribution >= 0.6 is 12.2 Å². The number of hydrogen-bond donors (Lipinski definition) is 2. The molecule has 1 aromatic carbocycles. The highest BCUT2D eigenvalue weighted by Gasteiger charge is 2.23. The SMILES string of the molecule is CCCCCNC(=S)N1CCN(c2nc(N)nc3ccc(-c4ccc(OC)c(OC)c4)nc23)CC1. The van der Waals surface area contributed by atoms with Crippen molar-refractivity contribution in [3.05, 3.63) is 30.3 Å². The lowest BCUT2D eigenvalue weighted by atomic mass is 10.1. The minimum absolute atomic E-state index is 0.240. The number of thiocarbonyl (C=S) groups is 1. The zero-order valence-corrected chi connectivity index (χ0v) is 21.4. The minimum Gasteiger partial charge on any atom is -0.493 e. The first kappa shape index (κ1) is 24.7. The maximum atomic E-state index is 6.06. The molecular weight excluding hydrogens is 462 g/mol. The number of piperazine rings is 1. The molecule has 9 nitrogen and oxygen atoms in total. The molecule has 10 heteroatoms. The van der Waals surface area contributed by atoms with Gasteiger partial charge in [-0.15, -0.1) is 0 Å². The summed E-state index contributed by atoms with van der Waals surface area (Å²) in [6.07, 6.45) is 3.55. The second-order valence-electron chi connectivity index (χ2n) is 8.45. The van der Waals surface area contributed by atoms with Gasteiger partial charge in [0.25, 0.3) is 0 Å². The number of anilines is 2. The Labute approximate surface area is 211 Å². The number of unbranched alkanes of at least 4 members (excludes halogenated alkanes) is 2. The molecule has 0 spiro atoms. The van der Waals surface area contributed by atoms with E-state index in [1.165, 1.54) is 12.8 Å². The van der Waals surface area contributed by atoms with Crippen LogP contribution < -0.4 is 25.4 Å². The van der Waals surface area contributed by atoms with Crippen molar-refractivity contribution in [1.82, 2.24) is 25.2 Å². The Balaban J connectivity index is 1.55. The summed E-state index contributed by atoms with van der Waals surface area (Å²) < 4.78 is 10.8. The first-order chi connectivity index (χ1) is 17.0. The summed E-state index contributed by atoms with van der Waals surface area (Å²) in [7, 11) is 3.24. The van der Waals surface area contributed by atoms with Gasteiger partial charge in [0.2, 0.25) is 5.95 Å². The Morgan fingerprint density at radius 1 is 1.00 bits per heavy atom. The number of nitrogens with two attached hydrogens (primary N) is 1. The van der Waals surface area contributed by atoms with E-state index in [0.29, 0.717) is 17.0 Å². The van der Waals surface area contributed by atoms with E-state index < -0.39 is 0 Å². The van der Waals surface area contributed by atoms with Crippen LogP contribution in [0.2, 0.25) is 0 Å². The summed E-state index contributed by atoms with van der Waals surface area (Å²) >= 11 is 5.61. The van der Waals surface area contributed by atoms with Crippen LogP contribution in [0.5, 0.6) is 11.5 Å². The third-order valence-corrected chi connectivity index (χ3v) is 6.55. The highest BCUT2D eigenvalue weighted by molar-refractivity contribution is 7.80. The molecule has 35 heavy (non-hydrogen) atoms. The minimum atomic E-state index is 0.240. The van der Waals surface area contributed by atoms with Gasteiger partial charge in [-0.05, 0) is 49.0 Å². The summed E-state index contributed by atoms with van der Waals surface area (Å²) in [4.78, 5) is 18.3. The number of nitrogens with one attached hydrogen (secondary N) is 1. The van der Waals surface area contributed by atoms with Crippen LogP contribution in [0.25, 0.3) is 22.3 Å². The monoisotopic (exact) mass is 495 g/mol. The Bertz CT molecular complexity index is 1180. The summed E-state index contributed by atoms with van der Waals surface area (Å²) in [6, 6.07) is 9.61. The van der Waals surface area contributed by atoms with Crippen molar-refractivity contribution in [1.29, 1.82) is 0 Å². The van der Waals surface area contributed by atoms with E-state index in [0.717, 1.165) is 66.8 Å². The molecule has 1 fully saturated rings. The smallest absolute Gasteiger partial charge is 0.222 e. The normalized spacial score (nSPS) is 13.7. The zero-order valence-electron chi connectivity index (χ0n) is 20.6. The third-order valence-electron chi connectivity index (χ3n) is 6.14. The predicted octanol–water partition coefficient (Wildman–Crippen LogP) is 3.48. The molecule has 1 aliphatic heterocycles. The quantitative estimate of drug-likeness (QED) is 0.357. The summed E-state index contributed by atoms with van der Waals surface area (Å²) in [5.74, 6) is 2.31. The van der Waals surface area contributed by atoms with Crippen LogP contribution in [0.4, 0.5) is 11.8 Å². The van der Waals surface area contributed by atoms with Crippen molar-refractivity contribution in [2.75, 3.05) is 57.6 Å². The number of aromatic nitrogens is 3. The van der Waals surface area contributed by atoms with Gasteiger partial charge in [-0.3, -0.25) is 0 Å². The van der Waals surface area contributed by atoms with E-state index >= 15 is 0 Å². The fraction of sp³-hybridized carbons (Fsp3) is 0.440. The zero-order chi connectivity index (χ0) is 24.8. The van der Waals surface area contributed by atoms with Crippen LogP contribution in [-0.2, 0) is 0 Å². The van der Waals surface area contributed by atoms with E-state index in [4.69, 9.17) is 32.4 Å². The van der Waals surface area contributed by atoms with Crippen molar-refractivity contribution >= 4 is 40.1 Å². The lowest BCUT2D eigenvalue weighted by Crippen LogP contribution is -2.52. The second-order valence-corrected chi connectivity index (χ2v) is 8.84. The highest BCUT2D eigenvalue weighted by Crippen LogP contribution is 2.33. The average Bonchev–Trinajstić information content (AvgIpc) is 2.90. The van der Waals surface area contributed by atoms with Crippen LogP contribution in [0.15, 0.2) is 30.3 Å². The maximum absolute atomic E-state index is 6.06. The summed E-state index contributed by atoms with van der Waals surface area (Å²) in [5.41, 5.74) is 9.20. The van der Waals surface area contributed by atoms with Gasteiger partial charge in [0.05, 0.1) is 25.4 Å². The standard InChI is InChI=1S/C25H33N7O2S/c1-4-5-6-11-27-25(35)32-14-12-31(13-15-32)23-22-19(29-24(26)30-23)9-8-18(28-22)17-7-10-20(33-2)21(16-17)34-3/h7-10,16H,4-6,11-15H2,1-3H3,(H,27,35)(H2,26,29,30). The van der Waals surface area contributed by atoms with Gasteiger partial charge in [0.15, 0.2) is 22.4 Å². The van der Waals surface area contributed by atoms with Crippen LogP contribution in [0.3, 0.4) is 0 Å². The molecule has 0 unspecified atom stereocenters. The molecule has 0 radical (unpaired) electrons. The van der Waals surface area contributed by atoms with Gasteiger partial charge in [0, 0.05) is 38.3 Å². The van der Waals surface area contributed by atoms with Crippen LogP contribution in [0, 0.1) is 0 Å². The van der Waals surface area contributed by atoms with Gasteiger partial charge >= 0.3 is 0 Å². The van der Waals surface area contributed by atoms with E-state index in [9.17, 15) is 0 Å². The molecule has 0 amide bonds. The van der Waals surface area contributed by atoms with Crippen molar-refractivity contribution < 1.29 is 9.47 Å². The molecule has 3 aromatic rings. The Hall–Kier alpha value is -3.40. The molecule has 1 saturated heterocycles. The lowest BCUT2D eigenvalue weighted by Gasteiger charge is -2.37. The number of ether oxygens (including phenoxy) is 2. The largest absolute Gasteiger partial charge is 0.493 e. The topological polar surface area (TPSA) is 102 Å². The fourth-order valence-corrected chi connectivity index (χ4v) is 4.48. The van der Waals surface area contributed by atoms with Crippen molar-refractivity contribution in [2.24, 2.45) is 0 Å². The van der Waals surface area contributed by atoms with E-state index in [2.05, 4.69) is 32.0 Å². The summed E-state index contributed by atoms with van der Waals surface area (Å²) in [5, 5.41) is 4.21. The number of nitrogen functional groups attached to an aromatic ring is 1. The first-order valence-corrected chi connectivity index (χ1v) is 12.4. The third kappa shape index (κ3) is 5.64. The second kappa shape index (κ2) is 11.4. The first-order valence-electron chi connectivity index (χ1n) is 12.0. The molecule has 4 rings (SSSR count). The van der Waals surface area contributed by atoms with Crippen LogP contribution in [0.1, 0.15) is 26.2 Å². The summed E-state index contributed by atoms with van der Waals surface area (Å²) in [6.45, 7) is 6.27. The number of nitrogens with zero attached hydrogens (tertiary/aromatic N) is 5. The number of fused-ring (bicyclic) bond motifs is 1. The van der Waals surface area contributed by atoms with E-state index in [1.54, 1.807) is 14.2 Å². The molecule has 1 aliphatic rings. The molecule has 0 saturated carbocycles. The van der Waals surface area contributed by atoms with Crippen molar-refractivity contribution in [3.63, 3.8) is 0 Å². The Morgan fingerprint density at radius 3 is 2.49 bits per heavy atom. The molecule has 0 aliphatic carbocycles. The molecular formula is C25H33N7O2S. The highest BCUT2D eigenvalue weighted by atomic mass is 32.1. The van der Waals surface area contributed by atoms with Gasteiger partial charge in [-0.25, -0.2) is 9.97 Å². The van der Waals surface area contributed by atoms with Crippen LogP contribution in [-0.4, -0.2) is 71.9 Å². The molecule has 186 valence electrons. The van der Waals surface area contributed by atoms with E-state index in [1.807, 2.05) is 30.3 Å². The number of rotatable bonds is 8. The number of benzene rings is 1. The Morgan fingerprint density at radius 2 is 1.77 bits per heavy atom. The molecule has 2 aromatic heterocycles. The molecule has 0 bridgehead atoms. The lowest BCUT2D eigenvalue weighted by molar-refractivity contribution is 0.355. The molecule has 3 N–H and O–H groups in total. The average molecular weight is 496 g/mol.